The number of aromatic nitrogens is 3. The number of benzene rings is 1. The number of rotatable bonds is 4. The molecule has 2 aromatic heterocycles. The molecule has 1 aromatic carbocycles. The van der Waals surface area contributed by atoms with Crippen molar-refractivity contribution in [3.05, 3.63) is 51.6 Å². The number of carbonyl (C=O) groups excluding carboxylic acids is 1. The van der Waals surface area contributed by atoms with Gasteiger partial charge in [0.25, 0.3) is 5.91 Å². The molecular weight excluding hydrogens is 360 g/mol. The van der Waals surface area contributed by atoms with E-state index in [1.807, 2.05) is 43.1 Å². The molecule has 0 radical (unpaired) electrons. The van der Waals surface area contributed by atoms with E-state index in [9.17, 15) is 4.79 Å². The van der Waals surface area contributed by atoms with Crippen LogP contribution in [0.5, 0.6) is 5.75 Å². The fourth-order valence-electron chi connectivity index (χ4n) is 3.65. The van der Waals surface area contributed by atoms with Gasteiger partial charge < -0.3 is 9.64 Å². The smallest absolute Gasteiger partial charge is 0.272 e. The van der Waals surface area contributed by atoms with Gasteiger partial charge in [0.1, 0.15) is 11.4 Å². The normalized spacial score (nSPS) is 16.0. The van der Waals surface area contributed by atoms with E-state index in [4.69, 9.17) is 4.74 Å². The summed E-state index contributed by atoms with van der Waals surface area (Å²) in [5.41, 5.74) is 3.18. The zero-order valence-corrected chi connectivity index (χ0v) is 16.5. The number of aryl methyl sites for hydroxylation is 2. The molecule has 0 spiro atoms. The second-order valence-corrected chi connectivity index (χ2v) is 7.97. The highest BCUT2D eigenvalue weighted by atomic mass is 32.1. The van der Waals surface area contributed by atoms with Gasteiger partial charge in [-0.05, 0) is 44.4 Å². The molecule has 140 valence electrons. The van der Waals surface area contributed by atoms with Crippen LogP contribution in [-0.4, -0.2) is 40.1 Å². The van der Waals surface area contributed by atoms with Crippen LogP contribution in [-0.2, 0) is 6.42 Å². The van der Waals surface area contributed by atoms with Gasteiger partial charge in [0.05, 0.1) is 34.4 Å². The van der Waals surface area contributed by atoms with Gasteiger partial charge >= 0.3 is 0 Å². The molecule has 1 aliphatic rings. The molecule has 0 aliphatic heterocycles. The lowest BCUT2D eigenvalue weighted by atomic mass is 9.97. The van der Waals surface area contributed by atoms with E-state index in [1.165, 1.54) is 4.88 Å². The van der Waals surface area contributed by atoms with Crippen LogP contribution in [0.1, 0.15) is 45.0 Å². The van der Waals surface area contributed by atoms with Gasteiger partial charge in [-0.25, -0.2) is 4.98 Å². The molecule has 1 atom stereocenters. The van der Waals surface area contributed by atoms with Crippen molar-refractivity contribution in [3.63, 3.8) is 0 Å². The van der Waals surface area contributed by atoms with Gasteiger partial charge in [0, 0.05) is 12.6 Å². The van der Waals surface area contributed by atoms with Gasteiger partial charge in [0.15, 0.2) is 0 Å². The quantitative estimate of drug-likeness (QED) is 0.740. The SMILES string of the molecule is COc1ccccc1-c1cc(C(=O)N(C)C2CCCc3nc(C)sc32)[nH]n1. The Labute approximate surface area is 162 Å². The number of ether oxygens (including phenoxy) is 1. The molecule has 6 nitrogen and oxygen atoms in total. The Kier molecular flexibility index (Phi) is 4.70. The number of hydrogen-bond acceptors (Lipinski definition) is 5. The number of thiazole rings is 1. The van der Waals surface area contributed by atoms with E-state index >= 15 is 0 Å². The van der Waals surface area contributed by atoms with E-state index in [0.29, 0.717) is 11.4 Å². The predicted octanol–water partition coefficient (Wildman–Crippen LogP) is 4.00. The second-order valence-electron chi connectivity index (χ2n) is 6.74. The number of nitrogens with zero attached hydrogens (tertiary/aromatic N) is 3. The largest absolute Gasteiger partial charge is 0.496 e. The molecule has 0 saturated heterocycles. The summed E-state index contributed by atoms with van der Waals surface area (Å²) in [6, 6.07) is 9.51. The van der Waals surface area contributed by atoms with Crippen LogP contribution in [0.15, 0.2) is 30.3 Å². The van der Waals surface area contributed by atoms with Crippen LogP contribution in [0.25, 0.3) is 11.3 Å². The lowest BCUT2D eigenvalue weighted by Crippen LogP contribution is -2.33. The van der Waals surface area contributed by atoms with E-state index < -0.39 is 0 Å². The molecule has 0 fully saturated rings. The summed E-state index contributed by atoms with van der Waals surface area (Å²) in [4.78, 5) is 20.7. The average Bonchev–Trinajstić information content (AvgIpc) is 3.32. The third kappa shape index (κ3) is 3.23. The van der Waals surface area contributed by atoms with Crippen LogP contribution < -0.4 is 4.74 Å². The molecule has 0 bridgehead atoms. The monoisotopic (exact) mass is 382 g/mol. The molecule has 4 rings (SSSR count). The van der Waals surface area contributed by atoms with Crippen molar-refractivity contribution in [1.82, 2.24) is 20.1 Å². The molecule has 1 aliphatic carbocycles. The van der Waals surface area contributed by atoms with E-state index in [-0.39, 0.29) is 11.9 Å². The zero-order chi connectivity index (χ0) is 19.0. The van der Waals surface area contributed by atoms with E-state index in [2.05, 4.69) is 15.2 Å². The topological polar surface area (TPSA) is 71.1 Å². The second kappa shape index (κ2) is 7.15. The zero-order valence-electron chi connectivity index (χ0n) is 15.7. The van der Waals surface area contributed by atoms with Gasteiger partial charge in [-0.15, -0.1) is 11.3 Å². The maximum absolute atomic E-state index is 13.1. The summed E-state index contributed by atoms with van der Waals surface area (Å²) >= 11 is 1.70. The number of amides is 1. The molecule has 3 aromatic rings. The number of carbonyl (C=O) groups is 1. The molecule has 7 heteroatoms. The average molecular weight is 382 g/mol. The lowest BCUT2D eigenvalue weighted by Gasteiger charge is -2.30. The Balaban J connectivity index is 1.60. The van der Waals surface area contributed by atoms with Gasteiger partial charge in [-0.3, -0.25) is 9.89 Å². The van der Waals surface area contributed by atoms with Crippen molar-refractivity contribution in [2.75, 3.05) is 14.2 Å². The van der Waals surface area contributed by atoms with Crippen molar-refractivity contribution in [1.29, 1.82) is 0 Å². The first-order chi connectivity index (χ1) is 13.1. The summed E-state index contributed by atoms with van der Waals surface area (Å²) in [7, 11) is 3.49. The highest BCUT2D eigenvalue weighted by Crippen LogP contribution is 2.38. The Morgan fingerprint density at radius 1 is 1.37 bits per heavy atom. The van der Waals surface area contributed by atoms with Crippen molar-refractivity contribution in [2.24, 2.45) is 0 Å². The fourth-order valence-corrected chi connectivity index (χ4v) is 4.80. The Bertz CT molecular complexity index is 978. The number of nitrogens with one attached hydrogen (secondary N) is 1. The van der Waals surface area contributed by atoms with Crippen LogP contribution in [0.2, 0.25) is 0 Å². The highest BCUT2D eigenvalue weighted by Gasteiger charge is 2.30. The van der Waals surface area contributed by atoms with Crippen LogP contribution in [0.4, 0.5) is 0 Å². The van der Waals surface area contributed by atoms with Crippen LogP contribution in [0.3, 0.4) is 0 Å². The number of para-hydroxylation sites is 1. The fraction of sp³-hybridized carbons (Fsp3) is 0.350. The lowest BCUT2D eigenvalue weighted by molar-refractivity contribution is 0.0712. The maximum Gasteiger partial charge on any atom is 0.272 e. The standard InChI is InChI=1S/C20H22N4O2S/c1-12-21-14-8-6-9-17(19(14)27-12)24(2)20(25)16-11-15(22-23-16)13-7-4-5-10-18(13)26-3/h4-5,7,10-11,17H,6,8-9H2,1-3H3,(H,22,23). The maximum atomic E-state index is 13.1. The predicted molar refractivity (Wildman–Crippen MR) is 105 cm³/mol. The molecule has 0 saturated carbocycles. The summed E-state index contributed by atoms with van der Waals surface area (Å²) in [6.07, 6.45) is 3.01. The first-order valence-electron chi connectivity index (χ1n) is 9.00. The highest BCUT2D eigenvalue weighted by molar-refractivity contribution is 7.11. The Morgan fingerprint density at radius 2 is 2.19 bits per heavy atom. The van der Waals surface area contributed by atoms with Gasteiger partial charge in [-0.1, -0.05) is 12.1 Å². The Hall–Kier alpha value is -2.67. The van der Waals surface area contributed by atoms with Crippen molar-refractivity contribution in [2.45, 2.75) is 32.2 Å². The number of fused-ring (bicyclic) bond motifs is 1. The third-order valence-electron chi connectivity index (χ3n) is 5.01. The van der Waals surface area contributed by atoms with E-state index in [1.54, 1.807) is 24.5 Å². The molecular formula is C20H22N4O2S. The minimum atomic E-state index is -0.0625. The number of hydrogen-bond donors (Lipinski definition) is 1. The minimum Gasteiger partial charge on any atom is -0.496 e. The molecule has 2 heterocycles. The summed E-state index contributed by atoms with van der Waals surface area (Å²) in [6.45, 7) is 2.02. The molecule has 1 unspecified atom stereocenters. The number of H-pyrrole nitrogens is 1. The van der Waals surface area contributed by atoms with Crippen LogP contribution in [0, 0.1) is 6.92 Å². The van der Waals surface area contributed by atoms with Crippen LogP contribution >= 0.6 is 11.3 Å². The van der Waals surface area contributed by atoms with Crippen molar-refractivity contribution in [3.8, 4) is 17.0 Å². The van der Waals surface area contributed by atoms with Gasteiger partial charge in [0.2, 0.25) is 0 Å². The number of aromatic amines is 1. The first kappa shape index (κ1) is 17.7. The van der Waals surface area contributed by atoms with Crippen molar-refractivity contribution >= 4 is 17.2 Å². The first-order valence-corrected chi connectivity index (χ1v) is 9.82. The minimum absolute atomic E-state index is 0.0625. The van der Waals surface area contributed by atoms with Crippen molar-refractivity contribution < 1.29 is 9.53 Å². The molecule has 1 amide bonds. The Morgan fingerprint density at radius 3 is 3.00 bits per heavy atom. The summed E-state index contributed by atoms with van der Waals surface area (Å²) in [5, 5.41) is 8.29. The number of methoxy groups -OCH3 is 1. The van der Waals surface area contributed by atoms with E-state index in [0.717, 1.165) is 41.3 Å². The molecule has 27 heavy (non-hydrogen) atoms. The third-order valence-corrected chi connectivity index (χ3v) is 6.12. The summed E-state index contributed by atoms with van der Waals surface area (Å²) < 4.78 is 5.40. The summed E-state index contributed by atoms with van der Waals surface area (Å²) in [5.74, 6) is 0.668. The molecule has 1 N–H and O–H groups in total. The van der Waals surface area contributed by atoms with Gasteiger partial charge in [-0.2, -0.15) is 5.10 Å².